The van der Waals surface area contributed by atoms with E-state index in [4.69, 9.17) is 4.74 Å². The second-order valence-electron chi connectivity index (χ2n) is 5.73. The molecule has 1 saturated heterocycles. The van der Waals surface area contributed by atoms with Crippen molar-refractivity contribution in [3.05, 3.63) is 45.9 Å². The van der Waals surface area contributed by atoms with Gasteiger partial charge in [0.2, 0.25) is 11.8 Å². The van der Waals surface area contributed by atoms with Crippen molar-refractivity contribution in [1.82, 2.24) is 9.97 Å². The average molecular weight is 347 g/mol. The summed E-state index contributed by atoms with van der Waals surface area (Å²) in [5, 5.41) is 17.3. The van der Waals surface area contributed by atoms with Gasteiger partial charge in [0.15, 0.2) is 0 Å². The minimum atomic E-state index is -0.537. The second-order valence-corrected chi connectivity index (χ2v) is 5.73. The Hall–Kier alpha value is -2.81. The molecule has 8 nitrogen and oxygen atoms in total. The zero-order chi connectivity index (χ0) is 17.8. The largest absolute Gasteiger partial charge is 0.376 e. The average Bonchev–Trinajstić information content (AvgIpc) is 3.08. The molecule has 3 rings (SSSR count). The molecule has 0 bridgehead atoms. The summed E-state index contributed by atoms with van der Waals surface area (Å²) in [6, 6.07) is 5.49. The highest BCUT2D eigenvalue weighted by Gasteiger charge is 2.23. The number of nitrogens with one attached hydrogen (secondary N) is 2. The monoisotopic (exact) mass is 347 g/mol. The summed E-state index contributed by atoms with van der Waals surface area (Å²) in [5.41, 5.74) is 0.513. The Labute approximate surface area is 143 Å². The summed E-state index contributed by atoms with van der Waals surface area (Å²) >= 11 is 0. The number of rotatable bonds is 6. The van der Waals surface area contributed by atoms with Crippen molar-refractivity contribution in [3.63, 3.8) is 0 Å². The quantitative estimate of drug-likeness (QED) is 0.611. The fraction of sp³-hybridized carbons (Fsp3) is 0.375. The van der Waals surface area contributed by atoms with Crippen LogP contribution in [0.2, 0.25) is 0 Å². The van der Waals surface area contributed by atoms with Gasteiger partial charge >= 0.3 is 5.69 Å². The fourth-order valence-electron chi connectivity index (χ4n) is 2.63. The highest BCUT2D eigenvalue weighted by Crippen LogP contribution is 2.29. The molecule has 2 heterocycles. The van der Waals surface area contributed by atoms with Crippen LogP contribution >= 0.6 is 0 Å². The van der Waals surface area contributed by atoms with Crippen molar-refractivity contribution >= 4 is 23.1 Å². The smallest absolute Gasteiger partial charge is 0.332 e. The molecular weight excluding hydrogens is 329 g/mol. The third-order valence-electron chi connectivity index (χ3n) is 3.86. The number of nitrogens with zero attached hydrogens (tertiary/aromatic N) is 3. The van der Waals surface area contributed by atoms with Gasteiger partial charge in [0.25, 0.3) is 0 Å². The third kappa shape index (κ3) is 4.18. The molecule has 1 fully saturated rings. The number of nitro groups is 1. The van der Waals surface area contributed by atoms with Crippen LogP contribution in [0.3, 0.4) is 0 Å². The summed E-state index contributed by atoms with van der Waals surface area (Å²) < 4.78 is 18.6. The number of benzene rings is 1. The first-order valence-corrected chi connectivity index (χ1v) is 7.94. The molecule has 25 heavy (non-hydrogen) atoms. The molecule has 2 aromatic rings. The van der Waals surface area contributed by atoms with Crippen molar-refractivity contribution in [1.29, 1.82) is 0 Å². The van der Waals surface area contributed by atoms with Crippen LogP contribution in [-0.4, -0.2) is 34.1 Å². The van der Waals surface area contributed by atoms with Crippen molar-refractivity contribution in [2.24, 2.45) is 0 Å². The van der Waals surface area contributed by atoms with Gasteiger partial charge in [0.05, 0.1) is 11.0 Å². The molecule has 1 aliphatic rings. The van der Waals surface area contributed by atoms with E-state index >= 15 is 0 Å². The van der Waals surface area contributed by atoms with Crippen LogP contribution in [0, 0.1) is 22.9 Å². The van der Waals surface area contributed by atoms with E-state index in [1.165, 1.54) is 24.3 Å². The molecule has 2 N–H and O–H groups in total. The maximum absolute atomic E-state index is 13.0. The van der Waals surface area contributed by atoms with E-state index in [2.05, 4.69) is 20.6 Å². The molecule has 1 aromatic heterocycles. The molecule has 0 saturated carbocycles. The van der Waals surface area contributed by atoms with E-state index in [0.29, 0.717) is 12.2 Å². The normalized spacial score (nSPS) is 16.6. The van der Waals surface area contributed by atoms with Crippen LogP contribution in [0.15, 0.2) is 24.3 Å². The van der Waals surface area contributed by atoms with Crippen molar-refractivity contribution < 1.29 is 14.1 Å². The summed E-state index contributed by atoms with van der Waals surface area (Å²) in [4.78, 5) is 19.2. The lowest BCUT2D eigenvalue weighted by Crippen LogP contribution is -2.20. The molecule has 0 amide bonds. The van der Waals surface area contributed by atoms with Gasteiger partial charge in [-0.25, -0.2) is 9.37 Å². The maximum Gasteiger partial charge on any atom is 0.332 e. The fourth-order valence-corrected chi connectivity index (χ4v) is 2.63. The minimum absolute atomic E-state index is 0.0546. The van der Waals surface area contributed by atoms with E-state index < -0.39 is 10.7 Å². The van der Waals surface area contributed by atoms with Crippen LogP contribution in [0.25, 0.3) is 0 Å². The number of halogens is 1. The van der Waals surface area contributed by atoms with Gasteiger partial charge < -0.3 is 15.4 Å². The number of aryl methyl sites for hydroxylation is 1. The minimum Gasteiger partial charge on any atom is -0.376 e. The van der Waals surface area contributed by atoms with Crippen LogP contribution in [-0.2, 0) is 4.74 Å². The molecule has 1 atom stereocenters. The Kier molecular flexibility index (Phi) is 5.03. The molecule has 1 aromatic carbocycles. The lowest BCUT2D eigenvalue weighted by atomic mass is 10.2. The van der Waals surface area contributed by atoms with Crippen molar-refractivity contribution in [2.75, 3.05) is 23.8 Å². The lowest BCUT2D eigenvalue weighted by molar-refractivity contribution is -0.385. The summed E-state index contributed by atoms with van der Waals surface area (Å²) in [7, 11) is 0. The third-order valence-corrected chi connectivity index (χ3v) is 3.86. The first-order chi connectivity index (χ1) is 12.0. The topological polar surface area (TPSA) is 102 Å². The lowest BCUT2D eigenvalue weighted by Gasteiger charge is -2.13. The standard InChI is InChI=1S/C16H18FN5O3/c1-10-14(22(23)24)15(20-12-6-4-11(17)5-7-12)21-16(19-10)18-9-13-3-2-8-25-13/h4-7,13H,2-3,8-9H2,1H3,(H2,18,19,20,21)/t13-/m1/s1. The van der Waals surface area contributed by atoms with Gasteiger partial charge in [-0.1, -0.05) is 0 Å². The predicted molar refractivity (Wildman–Crippen MR) is 90.6 cm³/mol. The van der Waals surface area contributed by atoms with E-state index in [-0.39, 0.29) is 29.3 Å². The first kappa shape index (κ1) is 17.0. The predicted octanol–water partition coefficient (Wildman–Crippen LogP) is 3.17. The summed E-state index contributed by atoms with van der Waals surface area (Å²) in [5.74, 6) is -0.0556. The molecule has 0 aliphatic carbocycles. The van der Waals surface area contributed by atoms with Crippen LogP contribution < -0.4 is 10.6 Å². The Morgan fingerprint density at radius 1 is 1.36 bits per heavy atom. The number of ether oxygens (including phenoxy) is 1. The van der Waals surface area contributed by atoms with E-state index in [1.807, 2.05) is 0 Å². The molecular formula is C16H18FN5O3. The highest BCUT2D eigenvalue weighted by molar-refractivity contribution is 5.68. The number of hydrogen-bond donors (Lipinski definition) is 2. The second kappa shape index (κ2) is 7.39. The first-order valence-electron chi connectivity index (χ1n) is 7.94. The van der Waals surface area contributed by atoms with Gasteiger partial charge in [-0.2, -0.15) is 4.98 Å². The van der Waals surface area contributed by atoms with Gasteiger partial charge in [-0.15, -0.1) is 0 Å². The summed E-state index contributed by atoms with van der Waals surface area (Å²) in [6.45, 7) is 2.82. The Morgan fingerprint density at radius 2 is 2.12 bits per heavy atom. The van der Waals surface area contributed by atoms with Crippen LogP contribution in [0.5, 0.6) is 0 Å². The molecule has 0 unspecified atom stereocenters. The number of hydrogen-bond acceptors (Lipinski definition) is 7. The van der Waals surface area contributed by atoms with Gasteiger partial charge in [-0.3, -0.25) is 10.1 Å². The SMILES string of the molecule is Cc1nc(NC[C@H]2CCCO2)nc(Nc2ccc(F)cc2)c1[N+](=O)[O-]. The summed E-state index contributed by atoms with van der Waals surface area (Å²) in [6.07, 6.45) is 2.07. The number of anilines is 3. The Morgan fingerprint density at radius 3 is 2.76 bits per heavy atom. The van der Waals surface area contributed by atoms with Crippen LogP contribution in [0.1, 0.15) is 18.5 Å². The van der Waals surface area contributed by atoms with Crippen molar-refractivity contribution in [2.45, 2.75) is 25.9 Å². The van der Waals surface area contributed by atoms with E-state index in [9.17, 15) is 14.5 Å². The molecule has 0 radical (unpaired) electrons. The highest BCUT2D eigenvalue weighted by atomic mass is 19.1. The van der Waals surface area contributed by atoms with Gasteiger partial charge in [0.1, 0.15) is 11.5 Å². The molecule has 0 spiro atoms. The molecule has 9 heteroatoms. The molecule has 132 valence electrons. The zero-order valence-corrected chi connectivity index (χ0v) is 13.7. The molecule has 1 aliphatic heterocycles. The Balaban J connectivity index is 1.84. The maximum atomic E-state index is 13.0. The van der Waals surface area contributed by atoms with Gasteiger partial charge in [0, 0.05) is 18.8 Å². The zero-order valence-electron chi connectivity index (χ0n) is 13.7. The van der Waals surface area contributed by atoms with E-state index in [0.717, 1.165) is 19.4 Å². The van der Waals surface area contributed by atoms with E-state index in [1.54, 1.807) is 6.92 Å². The van der Waals surface area contributed by atoms with Gasteiger partial charge in [-0.05, 0) is 44.0 Å². The Bertz CT molecular complexity index is 763. The number of aromatic nitrogens is 2. The van der Waals surface area contributed by atoms with Crippen molar-refractivity contribution in [3.8, 4) is 0 Å². The van der Waals surface area contributed by atoms with Crippen LogP contribution in [0.4, 0.5) is 27.5 Å².